The summed E-state index contributed by atoms with van der Waals surface area (Å²) >= 11 is 0. The lowest BCUT2D eigenvalue weighted by Gasteiger charge is -2.11. The van der Waals surface area contributed by atoms with Crippen molar-refractivity contribution in [2.45, 2.75) is 6.42 Å². The molecule has 128 valence electrons. The SMILES string of the molecule is C=CCc1cc(OC)cc(/C(O)=C/C(=O)/C=C/c2ccccc2)c1O. The number of allylic oxidation sites excluding steroid dienone is 3. The normalized spacial score (nSPS) is 11.5. The van der Waals surface area contributed by atoms with Crippen molar-refractivity contribution in [2.24, 2.45) is 0 Å². The van der Waals surface area contributed by atoms with Crippen molar-refractivity contribution in [3.8, 4) is 11.5 Å². The van der Waals surface area contributed by atoms with Crippen LogP contribution < -0.4 is 4.74 Å². The third-order valence-corrected chi connectivity index (χ3v) is 3.56. The van der Waals surface area contributed by atoms with Crippen LogP contribution in [0.4, 0.5) is 0 Å². The fraction of sp³-hybridized carbons (Fsp3) is 0.0952. The smallest absolute Gasteiger partial charge is 0.182 e. The molecule has 0 unspecified atom stereocenters. The van der Waals surface area contributed by atoms with Crippen LogP contribution in [0.5, 0.6) is 11.5 Å². The first kappa shape index (κ1) is 18.1. The van der Waals surface area contributed by atoms with Gasteiger partial charge in [0, 0.05) is 11.6 Å². The molecule has 0 amide bonds. The van der Waals surface area contributed by atoms with Crippen molar-refractivity contribution in [3.63, 3.8) is 0 Å². The lowest BCUT2D eigenvalue weighted by atomic mass is 10.0. The Hall–Kier alpha value is -3.27. The number of benzene rings is 2. The first-order valence-electron chi connectivity index (χ1n) is 7.74. The molecule has 0 radical (unpaired) electrons. The molecule has 0 saturated carbocycles. The second-order valence-electron chi connectivity index (χ2n) is 5.35. The molecule has 0 heterocycles. The Kier molecular flexibility index (Phi) is 6.18. The van der Waals surface area contributed by atoms with Gasteiger partial charge in [-0.25, -0.2) is 0 Å². The maximum atomic E-state index is 12.0. The summed E-state index contributed by atoms with van der Waals surface area (Å²) in [6, 6.07) is 12.5. The molecular formula is C21H20O4. The van der Waals surface area contributed by atoms with Gasteiger partial charge in [0.2, 0.25) is 0 Å². The van der Waals surface area contributed by atoms with Gasteiger partial charge in [0.1, 0.15) is 17.3 Å². The van der Waals surface area contributed by atoms with Crippen LogP contribution in [0.2, 0.25) is 0 Å². The van der Waals surface area contributed by atoms with Gasteiger partial charge in [-0.15, -0.1) is 6.58 Å². The molecule has 0 aliphatic carbocycles. The fourth-order valence-corrected chi connectivity index (χ4v) is 2.29. The molecule has 0 spiro atoms. The quantitative estimate of drug-likeness (QED) is 0.449. The van der Waals surface area contributed by atoms with Gasteiger partial charge in [0.05, 0.1) is 12.7 Å². The van der Waals surface area contributed by atoms with Crippen molar-refractivity contribution in [1.82, 2.24) is 0 Å². The van der Waals surface area contributed by atoms with E-state index >= 15 is 0 Å². The van der Waals surface area contributed by atoms with E-state index in [9.17, 15) is 15.0 Å². The highest BCUT2D eigenvalue weighted by atomic mass is 16.5. The van der Waals surface area contributed by atoms with Crippen LogP contribution in [0.15, 0.2) is 67.3 Å². The minimum atomic E-state index is -0.395. The Balaban J connectivity index is 2.29. The predicted octanol–water partition coefficient (Wildman–Crippen LogP) is 4.31. The second-order valence-corrected chi connectivity index (χ2v) is 5.35. The standard InChI is InChI=1S/C21H20O4/c1-3-7-16-12-18(25-2)14-19(21(16)24)20(23)13-17(22)11-10-15-8-5-4-6-9-15/h3-6,8-14,23-24H,1,7H2,2H3/b11-10+,20-13-. The van der Waals surface area contributed by atoms with Gasteiger partial charge < -0.3 is 14.9 Å². The molecule has 0 aliphatic rings. The third-order valence-electron chi connectivity index (χ3n) is 3.56. The highest BCUT2D eigenvalue weighted by Gasteiger charge is 2.13. The van der Waals surface area contributed by atoms with Gasteiger partial charge in [-0.2, -0.15) is 0 Å². The first-order chi connectivity index (χ1) is 12.0. The molecule has 2 aromatic carbocycles. The summed E-state index contributed by atoms with van der Waals surface area (Å²) in [7, 11) is 1.49. The highest BCUT2D eigenvalue weighted by molar-refractivity contribution is 6.05. The maximum absolute atomic E-state index is 12.0. The van der Waals surface area contributed by atoms with Crippen molar-refractivity contribution in [2.75, 3.05) is 7.11 Å². The van der Waals surface area contributed by atoms with Crippen molar-refractivity contribution < 1.29 is 19.7 Å². The molecule has 4 heteroatoms. The minimum absolute atomic E-state index is 0.103. The van der Waals surface area contributed by atoms with Crippen LogP contribution in [0, 0.1) is 0 Å². The molecule has 0 aliphatic heterocycles. The van der Waals surface area contributed by atoms with Crippen LogP contribution in [0.1, 0.15) is 16.7 Å². The number of rotatable bonds is 7. The van der Waals surface area contributed by atoms with Crippen LogP contribution in [-0.2, 0) is 11.2 Å². The third kappa shape index (κ3) is 4.85. The molecule has 4 nitrogen and oxygen atoms in total. The Morgan fingerprint density at radius 2 is 1.96 bits per heavy atom. The first-order valence-corrected chi connectivity index (χ1v) is 7.74. The Morgan fingerprint density at radius 3 is 2.60 bits per heavy atom. The lowest BCUT2D eigenvalue weighted by molar-refractivity contribution is -0.110. The highest BCUT2D eigenvalue weighted by Crippen LogP contribution is 2.33. The molecule has 0 saturated heterocycles. The molecule has 2 aromatic rings. The largest absolute Gasteiger partial charge is 0.507 e. The van der Waals surface area contributed by atoms with E-state index in [1.165, 1.54) is 19.3 Å². The topological polar surface area (TPSA) is 66.8 Å². The van der Waals surface area contributed by atoms with E-state index < -0.39 is 5.78 Å². The summed E-state index contributed by atoms with van der Waals surface area (Å²) in [6.07, 6.45) is 6.11. The number of hydrogen-bond donors (Lipinski definition) is 2. The molecule has 0 aromatic heterocycles. The molecule has 2 rings (SSSR count). The Labute approximate surface area is 147 Å². The number of ether oxygens (including phenoxy) is 1. The number of hydrogen-bond acceptors (Lipinski definition) is 4. The van der Waals surface area contributed by atoms with Crippen LogP contribution in [0.25, 0.3) is 11.8 Å². The summed E-state index contributed by atoms with van der Waals surface area (Å²) in [4.78, 5) is 12.0. The zero-order valence-electron chi connectivity index (χ0n) is 14.0. The van der Waals surface area contributed by atoms with Crippen molar-refractivity contribution in [3.05, 3.63) is 84.0 Å². The fourth-order valence-electron chi connectivity index (χ4n) is 2.29. The molecule has 25 heavy (non-hydrogen) atoms. The number of methoxy groups -OCH3 is 1. The monoisotopic (exact) mass is 336 g/mol. The summed E-state index contributed by atoms with van der Waals surface area (Å²) in [6.45, 7) is 3.64. The number of ketones is 1. The number of carbonyl (C=O) groups is 1. The maximum Gasteiger partial charge on any atom is 0.182 e. The molecule has 2 N–H and O–H groups in total. The lowest BCUT2D eigenvalue weighted by Crippen LogP contribution is -1.96. The molecular weight excluding hydrogens is 316 g/mol. The van der Waals surface area contributed by atoms with Crippen molar-refractivity contribution >= 4 is 17.6 Å². The average molecular weight is 336 g/mol. The predicted molar refractivity (Wildman–Crippen MR) is 99.6 cm³/mol. The van der Waals surface area contributed by atoms with Gasteiger partial charge in [-0.3, -0.25) is 4.79 Å². The number of phenols is 1. The Bertz CT molecular complexity index is 817. The van der Waals surface area contributed by atoms with Crippen LogP contribution in [-0.4, -0.2) is 23.1 Å². The van der Waals surface area contributed by atoms with Gasteiger partial charge in [0.25, 0.3) is 0 Å². The average Bonchev–Trinajstić information content (AvgIpc) is 2.62. The van der Waals surface area contributed by atoms with Gasteiger partial charge >= 0.3 is 0 Å². The summed E-state index contributed by atoms with van der Waals surface area (Å²) in [5.74, 6) is -0.357. The molecule has 0 bridgehead atoms. The summed E-state index contributed by atoms with van der Waals surface area (Å²) in [5.41, 5.74) is 1.57. The second kappa shape index (κ2) is 8.55. The minimum Gasteiger partial charge on any atom is -0.507 e. The van der Waals surface area contributed by atoms with Crippen molar-refractivity contribution in [1.29, 1.82) is 0 Å². The zero-order valence-corrected chi connectivity index (χ0v) is 14.0. The molecule has 0 atom stereocenters. The van der Waals surface area contributed by atoms with Gasteiger partial charge in [0.15, 0.2) is 5.78 Å². The number of phenolic OH excluding ortho intramolecular Hbond substituents is 1. The molecule has 0 fully saturated rings. The van der Waals surface area contributed by atoms with E-state index in [0.717, 1.165) is 11.6 Å². The van der Waals surface area contributed by atoms with Crippen LogP contribution >= 0.6 is 0 Å². The Morgan fingerprint density at radius 1 is 1.24 bits per heavy atom. The number of aliphatic hydroxyl groups excluding tert-OH is 1. The summed E-state index contributed by atoms with van der Waals surface area (Å²) in [5, 5.41) is 20.5. The van der Waals surface area contributed by atoms with E-state index in [-0.39, 0.29) is 17.1 Å². The zero-order chi connectivity index (χ0) is 18.2. The number of carbonyl (C=O) groups excluding carboxylic acids is 1. The van der Waals surface area contributed by atoms with E-state index in [2.05, 4.69) is 6.58 Å². The van der Waals surface area contributed by atoms with Crippen LogP contribution in [0.3, 0.4) is 0 Å². The van der Waals surface area contributed by atoms with Gasteiger partial charge in [-0.1, -0.05) is 42.5 Å². The number of aliphatic hydroxyl groups is 1. The van der Waals surface area contributed by atoms with Gasteiger partial charge in [-0.05, 0) is 30.2 Å². The van der Waals surface area contributed by atoms with E-state index in [1.807, 2.05) is 30.3 Å². The van der Waals surface area contributed by atoms with E-state index in [0.29, 0.717) is 17.7 Å². The van der Waals surface area contributed by atoms with E-state index in [4.69, 9.17) is 4.74 Å². The summed E-state index contributed by atoms with van der Waals surface area (Å²) < 4.78 is 5.17. The number of aromatic hydroxyl groups is 1. The van der Waals surface area contributed by atoms with E-state index in [1.54, 1.807) is 18.2 Å².